The van der Waals surface area contributed by atoms with E-state index in [2.05, 4.69) is 5.32 Å². The van der Waals surface area contributed by atoms with E-state index in [1.54, 1.807) is 21.1 Å². The molecule has 15 heavy (non-hydrogen) atoms. The standard InChI is InChI=1S/C10H19N3O2/c1-12(2)9(14)7-13(3)10(15)8-4-5-11-6-8/h8,11H,4-7H2,1-3H3. The van der Waals surface area contributed by atoms with E-state index in [1.807, 2.05) is 0 Å². The molecule has 0 radical (unpaired) electrons. The van der Waals surface area contributed by atoms with Crippen molar-refractivity contribution in [2.45, 2.75) is 6.42 Å². The third kappa shape index (κ3) is 3.20. The second-order valence-corrected chi connectivity index (χ2v) is 4.17. The molecule has 86 valence electrons. The van der Waals surface area contributed by atoms with Crippen molar-refractivity contribution in [3.63, 3.8) is 0 Å². The highest BCUT2D eigenvalue weighted by Gasteiger charge is 2.26. The Morgan fingerprint density at radius 2 is 2.00 bits per heavy atom. The van der Waals surface area contributed by atoms with Crippen LogP contribution >= 0.6 is 0 Å². The molecule has 0 bridgehead atoms. The number of carbonyl (C=O) groups is 2. The summed E-state index contributed by atoms with van der Waals surface area (Å²) in [6.45, 7) is 1.80. The quantitative estimate of drug-likeness (QED) is 0.664. The highest BCUT2D eigenvalue weighted by atomic mass is 16.2. The van der Waals surface area contributed by atoms with Gasteiger partial charge >= 0.3 is 0 Å². The lowest BCUT2D eigenvalue weighted by Crippen LogP contribution is -2.41. The van der Waals surface area contributed by atoms with Crippen molar-refractivity contribution in [3.8, 4) is 0 Å². The van der Waals surface area contributed by atoms with Gasteiger partial charge in [0.25, 0.3) is 0 Å². The number of hydrogen-bond donors (Lipinski definition) is 1. The fourth-order valence-corrected chi connectivity index (χ4v) is 1.60. The van der Waals surface area contributed by atoms with Crippen molar-refractivity contribution >= 4 is 11.8 Å². The third-order valence-electron chi connectivity index (χ3n) is 2.66. The smallest absolute Gasteiger partial charge is 0.241 e. The molecule has 1 saturated heterocycles. The molecule has 0 spiro atoms. The van der Waals surface area contributed by atoms with Gasteiger partial charge in [-0.25, -0.2) is 0 Å². The van der Waals surface area contributed by atoms with E-state index in [0.29, 0.717) is 0 Å². The molecule has 0 aromatic carbocycles. The minimum absolute atomic E-state index is 0.0446. The highest BCUT2D eigenvalue weighted by Crippen LogP contribution is 2.10. The van der Waals surface area contributed by atoms with Crippen molar-refractivity contribution in [1.29, 1.82) is 0 Å². The summed E-state index contributed by atoms with van der Waals surface area (Å²) in [5.41, 5.74) is 0. The van der Waals surface area contributed by atoms with Gasteiger partial charge in [0.2, 0.25) is 11.8 Å². The average Bonchev–Trinajstić information content (AvgIpc) is 2.68. The van der Waals surface area contributed by atoms with Gasteiger partial charge in [-0.1, -0.05) is 0 Å². The van der Waals surface area contributed by atoms with E-state index < -0.39 is 0 Å². The Morgan fingerprint density at radius 3 is 2.47 bits per heavy atom. The van der Waals surface area contributed by atoms with Crippen molar-refractivity contribution in [3.05, 3.63) is 0 Å². The van der Waals surface area contributed by atoms with Crippen LogP contribution < -0.4 is 5.32 Å². The summed E-state index contributed by atoms with van der Waals surface area (Å²) in [4.78, 5) is 26.2. The van der Waals surface area contributed by atoms with E-state index in [0.717, 1.165) is 19.5 Å². The van der Waals surface area contributed by atoms with Gasteiger partial charge in [0, 0.05) is 27.7 Å². The molecule has 1 aliphatic rings. The molecule has 1 atom stereocenters. The summed E-state index contributed by atoms with van der Waals surface area (Å²) < 4.78 is 0. The maximum absolute atomic E-state index is 11.8. The van der Waals surface area contributed by atoms with Gasteiger partial charge in [-0.2, -0.15) is 0 Å². The molecular weight excluding hydrogens is 194 g/mol. The van der Waals surface area contributed by atoms with Crippen LogP contribution in [-0.4, -0.2) is 62.4 Å². The largest absolute Gasteiger partial charge is 0.347 e. The zero-order valence-electron chi connectivity index (χ0n) is 9.62. The minimum Gasteiger partial charge on any atom is -0.347 e. The molecule has 2 amide bonds. The molecule has 1 rings (SSSR count). The van der Waals surface area contributed by atoms with E-state index in [1.165, 1.54) is 9.80 Å². The monoisotopic (exact) mass is 213 g/mol. The lowest BCUT2D eigenvalue weighted by molar-refractivity contribution is -0.140. The van der Waals surface area contributed by atoms with Crippen molar-refractivity contribution in [2.24, 2.45) is 5.92 Å². The fourth-order valence-electron chi connectivity index (χ4n) is 1.60. The summed E-state index contributed by atoms with van der Waals surface area (Å²) in [5.74, 6) is 0.0666. The van der Waals surface area contributed by atoms with Gasteiger partial charge < -0.3 is 15.1 Å². The number of rotatable bonds is 3. The molecule has 1 heterocycles. The molecule has 0 aliphatic carbocycles. The first kappa shape index (κ1) is 12.0. The van der Waals surface area contributed by atoms with E-state index in [9.17, 15) is 9.59 Å². The zero-order chi connectivity index (χ0) is 11.4. The lowest BCUT2D eigenvalue weighted by Gasteiger charge is -2.21. The molecule has 1 N–H and O–H groups in total. The number of nitrogens with one attached hydrogen (secondary N) is 1. The van der Waals surface area contributed by atoms with Crippen molar-refractivity contribution in [1.82, 2.24) is 15.1 Å². The Labute approximate surface area is 90.4 Å². The van der Waals surface area contributed by atoms with Crippen LogP contribution in [0, 0.1) is 5.92 Å². The number of hydrogen-bond acceptors (Lipinski definition) is 3. The topological polar surface area (TPSA) is 52.7 Å². The van der Waals surface area contributed by atoms with Crippen molar-refractivity contribution in [2.75, 3.05) is 40.8 Å². The fraction of sp³-hybridized carbons (Fsp3) is 0.800. The molecule has 5 heteroatoms. The summed E-state index contributed by atoms with van der Waals surface area (Å²) in [6, 6.07) is 0. The van der Waals surface area contributed by atoms with Gasteiger partial charge in [-0.3, -0.25) is 9.59 Å². The Hall–Kier alpha value is -1.10. The van der Waals surface area contributed by atoms with Crippen molar-refractivity contribution < 1.29 is 9.59 Å². The Bertz CT molecular complexity index is 247. The van der Waals surface area contributed by atoms with Crippen LogP contribution in [0.2, 0.25) is 0 Å². The van der Waals surface area contributed by atoms with Crippen LogP contribution in [0.15, 0.2) is 0 Å². The first-order chi connectivity index (χ1) is 7.02. The normalized spacial score (nSPS) is 20.1. The Balaban J connectivity index is 2.42. The summed E-state index contributed by atoms with van der Waals surface area (Å²) >= 11 is 0. The van der Waals surface area contributed by atoms with E-state index in [-0.39, 0.29) is 24.3 Å². The van der Waals surface area contributed by atoms with Gasteiger partial charge in [-0.15, -0.1) is 0 Å². The van der Waals surface area contributed by atoms with Gasteiger partial charge in [0.1, 0.15) is 0 Å². The van der Waals surface area contributed by atoms with Crippen LogP contribution in [0.5, 0.6) is 0 Å². The number of carbonyl (C=O) groups excluding carboxylic acids is 2. The summed E-state index contributed by atoms with van der Waals surface area (Å²) in [6.07, 6.45) is 0.874. The Morgan fingerprint density at radius 1 is 1.33 bits per heavy atom. The Kier molecular flexibility index (Phi) is 4.08. The van der Waals surface area contributed by atoms with Gasteiger partial charge in [0.05, 0.1) is 12.5 Å². The summed E-state index contributed by atoms with van der Waals surface area (Å²) in [7, 11) is 5.07. The van der Waals surface area contributed by atoms with Crippen LogP contribution in [0.3, 0.4) is 0 Å². The molecule has 0 aromatic rings. The molecule has 1 aliphatic heterocycles. The second-order valence-electron chi connectivity index (χ2n) is 4.17. The number of likely N-dealkylation sites (N-methyl/N-ethyl adjacent to an activating group) is 2. The number of amides is 2. The first-order valence-corrected chi connectivity index (χ1v) is 5.18. The SMILES string of the molecule is CN(C)C(=O)CN(C)C(=O)C1CCNC1. The average molecular weight is 213 g/mol. The minimum atomic E-state index is -0.0446. The molecule has 0 saturated carbocycles. The maximum atomic E-state index is 11.8. The van der Waals surface area contributed by atoms with E-state index >= 15 is 0 Å². The molecule has 1 unspecified atom stereocenters. The van der Waals surface area contributed by atoms with Crippen LogP contribution in [-0.2, 0) is 9.59 Å². The zero-order valence-corrected chi connectivity index (χ0v) is 9.62. The molecular formula is C10H19N3O2. The van der Waals surface area contributed by atoms with E-state index in [4.69, 9.17) is 0 Å². The van der Waals surface area contributed by atoms with Crippen LogP contribution in [0.1, 0.15) is 6.42 Å². The highest BCUT2D eigenvalue weighted by molar-refractivity contribution is 5.85. The lowest BCUT2D eigenvalue weighted by atomic mass is 10.1. The van der Waals surface area contributed by atoms with Crippen LogP contribution in [0.4, 0.5) is 0 Å². The summed E-state index contributed by atoms with van der Waals surface area (Å²) in [5, 5.41) is 3.14. The van der Waals surface area contributed by atoms with Gasteiger partial charge in [0.15, 0.2) is 0 Å². The second kappa shape index (κ2) is 5.11. The van der Waals surface area contributed by atoms with Crippen LogP contribution in [0.25, 0.3) is 0 Å². The molecule has 1 fully saturated rings. The third-order valence-corrected chi connectivity index (χ3v) is 2.66. The first-order valence-electron chi connectivity index (χ1n) is 5.18. The molecule has 5 nitrogen and oxygen atoms in total. The maximum Gasteiger partial charge on any atom is 0.241 e. The number of nitrogens with zero attached hydrogens (tertiary/aromatic N) is 2. The predicted octanol–water partition coefficient (Wildman–Crippen LogP) is -0.857. The van der Waals surface area contributed by atoms with Gasteiger partial charge in [-0.05, 0) is 13.0 Å². The predicted molar refractivity (Wildman–Crippen MR) is 57.3 cm³/mol. The molecule has 0 aromatic heterocycles.